The van der Waals surface area contributed by atoms with E-state index in [-0.39, 0.29) is 58.5 Å². The molecular weight excluding hydrogens is 616 g/mol. The van der Waals surface area contributed by atoms with Crippen molar-refractivity contribution in [3.8, 4) is 17.0 Å². The van der Waals surface area contributed by atoms with E-state index in [1.165, 1.54) is 25.3 Å². The molecule has 0 saturated heterocycles. The molecular formula is C29H28BrF2N5O5. The molecule has 5 rings (SSSR count). The molecule has 42 heavy (non-hydrogen) atoms. The van der Waals surface area contributed by atoms with Crippen molar-refractivity contribution in [3.05, 3.63) is 80.8 Å². The van der Waals surface area contributed by atoms with Crippen LogP contribution in [0, 0.1) is 17.0 Å². The Morgan fingerprint density at radius 3 is 2.76 bits per heavy atom. The molecule has 1 fully saturated rings. The van der Waals surface area contributed by atoms with Crippen LogP contribution < -0.4 is 21.1 Å². The van der Waals surface area contributed by atoms with Crippen LogP contribution in [0.5, 0.6) is 5.75 Å². The Kier molecular flexibility index (Phi) is 7.90. The monoisotopic (exact) mass is 643 g/mol. The first kappa shape index (κ1) is 29.4. The third-order valence-electron chi connectivity index (χ3n) is 7.39. The third-order valence-corrected chi connectivity index (χ3v) is 8.12. The first-order chi connectivity index (χ1) is 19.9. The first-order valence-corrected chi connectivity index (χ1v) is 13.8. The van der Waals surface area contributed by atoms with Gasteiger partial charge in [0.2, 0.25) is 5.91 Å². The topological polar surface area (TPSA) is 160 Å². The summed E-state index contributed by atoms with van der Waals surface area (Å²) in [6.45, 7) is 1.10. The lowest BCUT2D eigenvalue weighted by Crippen LogP contribution is -2.40. The third kappa shape index (κ3) is 5.41. The molecule has 0 bridgehead atoms. The van der Waals surface area contributed by atoms with Crippen LogP contribution in [0.2, 0.25) is 0 Å². The number of nitrogens with zero attached hydrogens (tertiary/aromatic N) is 1. The van der Waals surface area contributed by atoms with Crippen molar-refractivity contribution in [1.29, 1.82) is 5.41 Å². The van der Waals surface area contributed by atoms with E-state index in [4.69, 9.17) is 20.6 Å². The molecule has 0 radical (unpaired) electrons. The van der Waals surface area contributed by atoms with Crippen molar-refractivity contribution >= 4 is 33.5 Å². The van der Waals surface area contributed by atoms with Gasteiger partial charge in [-0.3, -0.25) is 15.0 Å². The smallest absolute Gasteiger partial charge is 0.251 e. The van der Waals surface area contributed by atoms with Crippen molar-refractivity contribution in [2.45, 2.75) is 37.3 Å². The predicted molar refractivity (Wildman–Crippen MR) is 152 cm³/mol. The summed E-state index contributed by atoms with van der Waals surface area (Å²) in [6, 6.07) is 4.00. The summed E-state index contributed by atoms with van der Waals surface area (Å²) in [7, 11) is 1.40. The number of pyridine rings is 1. The van der Waals surface area contributed by atoms with Crippen molar-refractivity contribution in [1.82, 2.24) is 15.6 Å². The first-order valence-electron chi connectivity index (χ1n) is 13.1. The van der Waals surface area contributed by atoms with E-state index in [9.17, 15) is 19.1 Å². The number of benzene rings is 1. The van der Waals surface area contributed by atoms with Crippen LogP contribution in [-0.2, 0) is 19.7 Å². The lowest BCUT2D eigenvalue weighted by molar-refractivity contribution is -0.123. The molecule has 1 unspecified atom stereocenters. The number of rotatable bonds is 9. The van der Waals surface area contributed by atoms with Gasteiger partial charge < -0.3 is 30.9 Å². The Balaban J connectivity index is 1.44. The van der Waals surface area contributed by atoms with Gasteiger partial charge in [-0.1, -0.05) is 0 Å². The number of aliphatic hydroxyl groups is 1. The highest BCUT2D eigenvalue weighted by atomic mass is 79.9. The molecule has 220 valence electrons. The number of halogens is 3. The molecule has 1 saturated carbocycles. The van der Waals surface area contributed by atoms with Crippen molar-refractivity contribution in [2.24, 2.45) is 5.73 Å². The van der Waals surface area contributed by atoms with E-state index in [1.807, 2.05) is 0 Å². The summed E-state index contributed by atoms with van der Waals surface area (Å²) in [5, 5.41) is 25.2. The van der Waals surface area contributed by atoms with Crippen LogP contribution in [0.3, 0.4) is 0 Å². The van der Waals surface area contributed by atoms with Crippen LogP contribution in [0.25, 0.3) is 11.3 Å². The summed E-state index contributed by atoms with van der Waals surface area (Å²) >= 11 is 2.89. The fraction of sp³-hybridized carbons (Fsp3) is 0.310. The van der Waals surface area contributed by atoms with E-state index in [0.717, 1.165) is 18.9 Å². The van der Waals surface area contributed by atoms with Crippen molar-refractivity contribution < 1.29 is 33.0 Å². The Morgan fingerprint density at radius 1 is 1.36 bits per heavy atom. The second-order valence-corrected chi connectivity index (χ2v) is 11.2. The fourth-order valence-electron chi connectivity index (χ4n) is 4.57. The Hall–Kier alpha value is -4.10. The maximum absolute atomic E-state index is 15.1. The van der Waals surface area contributed by atoms with Gasteiger partial charge in [0.15, 0.2) is 0 Å². The second-order valence-electron chi connectivity index (χ2n) is 10.4. The zero-order valence-electron chi connectivity index (χ0n) is 22.7. The molecule has 6 N–H and O–H groups in total. The van der Waals surface area contributed by atoms with Crippen LogP contribution >= 0.6 is 15.9 Å². The van der Waals surface area contributed by atoms with Gasteiger partial charge in [0.1, 0.15) is 52.7 Å². The molecule has 2 heterocycles. The van der Waals surface area contributed by atoms with Crippen molar-refractivity contribution in [3.63, 3.8) is 0 Å². The number of aliphatic hydroxyl groups excluding tert-OH is 1. The number of amides is 2. The standard InChI is InChI=1S/C29H28BrF2N5O5/c1-29(28(34)40)12-42-26-17(29)9-19(37-25(26)16-5-6-18(31)22(30)23(16)32)20(38)11-36-27(39)13-7-14(10-35-15-3-4-15)24(33)21(8-13)41-2/h5-10,15,20,33,35,38H,3-4,11-12H2,1-2H3,(H2,34,40)(H,36,39)/b14-10-,33-24?/t20?,29-/m0/s1. The second kappa shape index (κ2) is 11.3. The number of ether oxygens (including phenoxy) is 2. The number of hydrogen-bond donors (Lipinski definition) is 5. The number of methoxy groups -OCH3 is 1. The lowest BCUT2D eigenvalue weighted by Gasteiger charge is -2.21. The van der Waals surface area contributed by atoms with Gasteiger partial charge in [0.05, 0.1) is 17.3 Å². The Bertz CT molecular complexity index is 1600. The van der Waals surface area contributed by atoms with Gasteiger partial charge in [0.25, 0.3) is 5.91 Å². The maximum Gasteiger partial charge on any atom is 0.251 e. The number of primary amides is 1. The molecule has 1 aromatic carbocycles. The molecule has 1 aromatic heterocycles. The molecule has 2 atom stereocenters. The van der Waals surface area contributed by atoms with Gasteiger partial charge in [-0.25, -0.2) is 13.8 Å². The molecule has 13 heteroatoms. The zero-order chi connectivity index (χ0) is 30.3. The highest BCUT2D eigenvalue weighted by Gasteiger charge is 2.44. The average Bonchev–Trinajstić information content (AvgIpc) is 3.74. The predicted octanol–water partition coefficient (Wildman–Crippen LogP) is 3.20. The molecule has 10 nitrogen and oxygen atoms in total. The number of carbonyl (C=O) groups is 2. The van der Waals surface area contributed by atoms with Gasteiger partial charge in [-0.05, 0) is 66.0 Å². The summed E-state index contributed by atoms with van der Waals surface area (Å²) in [6.07, 6.45) is 5.31. The summed E-state index contributed by atoms with van der Waals surface area (Å²) in [5.41, 5.74) is 5.24. The summed E-state index contributed by atoms with van der Waals surface area (Å²) in [5.74, 6) is -2.74. The highest BCUT2D eigenvalue weighted by molar-refractivity contribution is 9.10. The molecule has 2 aliphatic carbocycles. The van der Waals surface area contributed by atoms with Gasteiger partial charge in [-0.2, -0.15) is 0 Å². The van der Waals surface area contributed by atoms with Crippen LogP contribution in [-0.4, -0.2) is 53.9 Å². The summed E-state index contributed by atoms with van der Waals surface area (Å²) in [4.78, 5) is 29.9. The molecule has 3 aliphatic rings. The average molecular weight is 644 g/mol. The highest BCUT2D eigenvalue weighted by Crippen LogP contribution is 2.46. The SMILES string of the molecule is COC1=CC(C(=O)NCC(O)c2cc3c(c(-c4ccc(F)c(Br)c4F)n2)OC[C@]3(C)C(N)=O)=C/C(=C/NC2CC2)C1=N. The maximum atomic E-state index is 15.1. The van der Waals surface area contributed by atoms with E-state index in [0.29, 0.717) is 11.6 Å². The van der Waals surface area contributed by atoms with Crippen LogP contribution in [0.4, 0.5) is 8.78 Å². The zero-order valence-corrected chi connectivity index (χ0v) is 24.3. The normalized spacial score (nSPS) is 21.2. The minimum absolute atomic E-state index is 0.00335. The number of nitrogens with one attached hydrogen (secondary N) is 3. The number of nitrogens with two attached hydrogens (primary N) is 1. The minimum atomic E-state index is -1.40. The number of allylic oxidation sites excluding steroid dienone is 2. The van der Waals surface area contributed by atoms with E-state index < -0.39 is 39.4 Å². The number of aromatic nitrogens is 1. The van der Waals surface area contributed by atoms with Gasteiger partial charge >= 0.3 is 0 Å². The lowest BCUT2D eigenvalue weighted by atomic mass is 9.83. The van der Waals surface area contributed by atoms with Gasteiger partial charge in [-0.15, -0.1) is 0 Å². The quantitative estimate of drug-likeness (QED) is 0.262. The number of hydrogen-bond acceptors (Lipinski definition) is 8. The van der Waals surface area contributed by atoms with E-state index >= 15 is 4.39 Å². The van der Waals surface area contributed by atoms with Crippen LogP contribution in [0.1, 0.15) is 37.1 Å². The molecule has 2 aromatic rings. The Morgan fingerprint density at radius 2 is 2.10 bits per heavy atom. The molecule has 2 amide bonds. The van der Waals surface area contributed by atoms with Crippen LogP contribution in [0.15, 0.2) is 57.9 Å². The Labute approximate surface area is 248 Å². The number of carbonyl (C=O) groups excluding carboxylic acids is 2. The van der Waals surface area contributed by atoms with E-state index in [2.05, 4.69) is 31.5 Å². The van der Waals surface area contributed by atoms with Crippen molar-refractivity contribution in [2.75, 3.05) is 20.3 Å². The number of fused-ring (bicyclic) bond motifs is 1. The molecule has 1 aliphatic heterocycles. The largest absolute Gasteiger partial charge is 0.494 e. The minimum Gasteiger partial charge on any atom is -0.494 e. The molecule has 0 spiro atoms. The summed E-state index contributed by atoms with van der Waals surface area (Å²) < 4.78 is 39.7. The van der Waals surface area contributed by atoms with Gasteiger partial charge in [0, 0.05) is 41.1 Å². The fourth-order valence-corrected chi connectivity index (χ4v) is 4.91. The van der Waals surface area contributed by atoms with E-state index in [1.54, 1.807) is 19.2 Å².